The number of benzene rings is 4. The highest BCUT2D eigenvalue weighted by molar-refractivity contribution is 9.10. The molecule has 302 valence electrons. The number of fused-ring (bicyclic) bond motifs is 3. The van der Waals surface area contributed by atoms with Crippen molar-refractivity contribution in [1.82, 2.24) is 34.9 Å². The summed E-state index contributed by atoms with van der Waals surface area (Å²) in [7, 11) is -5.96. The van der Waals surface area contributed by atoms with Crippen molar-refractivity contribution in [1.29, 1.82) is 0 Å². The molecule has 0 saturated heterocycles. The van der Waals surface area contributed by atoms with E-state index in [1.54, 1.807) is 97.5 Å². The van der Waals surface area contributed by atoms with E-state index in [1.165, 1.54) is 19.2 Å². The average molecular weight is 968 g/mol. The number of anilines is 2. The molecule has 60 heavy (non-hydrogen) atoms. The lowest BCUT2D eigenvalue weighted by molar-refractivity contribution is 0.414. The van der Waals surface area contributed by atoms with Crippen LogP contribution in [0, 0.1) is 13.8 Å². The number of sulfonamides is 2. The molecule has 0 radical (unpaired) electrons. The van der Waals surface area contributed by atoms with Gasteiger partial charge in [0.2, 0.25) is 0 Å². The van der Waals surface area contributed by atoms with Gasteiger partial charge >= 0.3 is 0 Å². The van der Waals surface area contributed by atoms with Gasteiger partial charge in [0, 0.05) is 55.4 Å². The fourth-order valence-electron chi connectivity index (χ4n) is 6.24. The SMILES string of the molecule is COc1ccc(S(=O)(=O)Nc2ccc(-c3nc4ncc(Br)c(C)c4[nH]3)cc2)cc1.Cc1c(Br)cnc2nc(-c3ccc(NS(=O)(=O)c4cccc5cccnc45)cc3)[nH]c12. The van der Waals surface area contributed by atoms with Crippen molar-refractivity contribution in [2.24, 2.45) is 0 Å². The number of aryl methyl sites for hydroxylation is 2. The van der Waals surface area contributed by atoms with Crippen molar-refractivity contribution < 1.29 is 21.6 Å². The molecule has 0 fully saturated rings. The molecule has 4 aromatic carbocycles. The monoisotopic (exact) mass is 965 g/mol. The maximum Gasteiger partial charge on any atom is 0.264 e. The van der Waals surface area contributed by atoms with Crippen LogP contribution in [0.5, 0.6) is 5.75 Å². The van der Waals surface area contributed by atoms with Crippen LogP contribution in [0.25, 0.3) is 56.0 Å². The summed E-state index contributed by atoms with van der Waals surface area (Å²) in [5, 5.41) is 0.765. The Kier molecular flexibility index (Phi) is 11.1. The summed E-state index contributed by atoms with van der Waals surface area (Å²) in [6.45, 7) is 3.96. The molecule has 9 aromatic rings. The van der Waals surface area contributed by atoms with Gasteiger partial charge in [0.25, 0.3) is 20.0 Å². The molecule has 5 heterocycles. The van der Waals surface area contributed by atoms with Gasteiger partial charge in [-0.3, -0.25) is 14.4 Å². The average Bonchev–Trinajstić information content (AvgIpc) is 3.90. The number of aromatic nitrogens is 7. The first-order chi connectivity index (χ1) is 28.8. The van der Waals surface area contributed by atoms with E-state index >= 15 is 0 Å². The molecule has 0 unspecified atom stereocenters. The molecule has 0 aliphatic heterocycles. The summed E-state index contributed by atoms with van der Waals surface area (Å²) in [6.07, 6.45) is 5.03. The van der Waals surface area contributed by atoms with Crippen LogP contribution in [-0.2, 0) is 20.0 Å². The van der Waals surface area contributed by atoms with Gasteiger partial charge < -0.3 is 14.7 Å². The number of para-hydroxylation sites is 1. The van der Waals surface area contributed by atoms with Crippen LogP contribution < -0.4 is 14.2 Å². The lowest BCUT2D eigenvalue weighted by atomic mass is 10.2. The van der Waals surface area contributed by atoms with Gasteiger partial charge in [0.05, 0.1) is 28.6 Å². The number of rotatable bonds is 9. The van der Waals surface area contributed by atoms with Crippen molar-refractivity contribution in [3.63, 3.8) is 0 Å². The Bertz CT molecular complexity index is 3270. The summed E-state index contributed by atoms with van der Waals surface area (Å²) in [5.41, 5.74) is 8.02. The Morgan fingerprint density at radius 2 is 1.10 bits per heavy atom. The van der Waals surface area contributed by atoms with Crippen LogP contribution in [0.3, 0.4) is 0 Å². The van der Waals surface area contributed by atoms with Gasteiger partial charge in [-0.2, -0.15) is 0 Å². The fraction of sp³-hybridized carbons (Fsp3) is 0.0714. The highest BCUT2D eigenvalue weighted by atomic mass is 79.9. The maximum absolute atomic E-state index is 13.0. The van der Waals surface area contributed by atoms with E-state index in [4.69, 9.17) is 4.74 Å². The summed E-state index contributed by atoms with van der Waals surface area (Å²) >= 11 is 6.94. The number of aromatic amines is 2. The van der Waals surface area contributed by atoms with E-state index in [1.807, 2.05) is 26.0 Å². The Labute approximate surface area is 361 Å². The second-order valence-electron chi connectivity index (χ2n) is 13.4. The van der Waals surface area contributed by atoms with Crippen molar-refractivity contribution in [2.45, 2.75) is 23.6 Å². The van der Waals surface area contributed by atoms with Gasteiger partial charge in [-0.05, 0) is 142 Å². The molecule has 4 N–H and O–H groups in total. The largest absolute Gasteiger partial charge is 0.497 e. The molecule has 0 aliphatic rings. The van der Waals surface area contributed by atoms with Gasteiger partial charge in [-0.1, -0.05) is 18.2 Å². The van der Waals surface area contributed by atoms with E-state index in [2.05, 4.69) is 76.2 Å². The first kappa shape index (κ1) is 40.6. The number of nitrogens with zero attached hydrogens (tertiary/aromatic N) is 5. The first-order valence-electron chi connectivity index (χ1n) is 18.1. The normalized spacial score (nSPS) is 11.7. The number of halogens is 2. The highest BCUT2D eigenvalue weighted by Crippen LogP contribution is 2.30. The van der Waals surface area contributed by atoms with Crippen LogP contribution in [0.1, 0.15) is 11.1 Å². The van der Waals surface area contributed by atoms with Crippen molar-refractivity contribution in [3.05, 3.63) is 142 Å². The number of H-pyrrole nitrogens is 2. The van der Waals surface area contributed by atoms with Crippen LogP contribution in [0.2, 0.25) is 0 Å². The quantitative estimate of drug-likeness (QED) is 0.108. The lowest BCUT2D eigenvalue weighted by Crippen LogP contribution is -2.13. The molecule has 0 atom stereocenters. The van der Waals surface area contributed by atoms with Gasteiger partial charge in [-0.15, -0.1) is 0 Å². The summed E-state index contributed by atoms with van der Waals surface area (Å²) in [4.78, 5) is 28.8. The molecular weight excluding hydrogens is 934 g/mol. The topological polar surface area (TPSA) is 198 Å². The maximum atomic E-state index is 13.0. The minimum absolute atomic E-state index is 0.138. The number of hydrogen-bond acceptors (Lipinski definition) is 10. The minimum Gasteiger partial charge on any atom is -0.497 e. The van der Waals surface area contributed by atoms with Gasteiger partial charge in [0.1, 0.15) is 22.3 Å². The minimum atomic E-state index is -3.80. The van der Waals surface area contributed by atoms with E-state index in [0.717, 1.165) is 47.6 Å². The molecule has 0 spiro atoms. The number of ether oxygens (including phenoxy) is 1. The molecule has 14 nitrogen and oxygen atoms in total. The zero-order chi connectivity index (χ0) is 42.2. The molecule has 18 heteroatoms. The third-order valence-corrected chi connectivity index (χ3v) is 13.9. The fourth-order valence-corrected chi connectivity index (χ4v) is 9.14. The third kappa shape index (κ3) is 8.31. The molecule has 0 amide bonds. The predicted molar refractivity (Wildman–Crippen MR) is 240 cm³/mol. The smallest absolute Gasteiger partial charge is 0.264 e. The predicted octanol–water partition coefficient (Wildman–Crippen LogP) is 9.55. The van der Waals surface area contributed by atoms with E-state index in [-0.39, 0.29) is 9.79 Å². The molecular formula is C42H33Br2N9O5S2. The second kappa shape index (κ2) is 16.4. The van der Waals surface area contributed by atoms with Crippen molar-refractivity contribution in [3.8, 4) is 28.5 Å². The molecule has 0 saturated carbocycles. The molecule has 9 rings (SSSR count). The number of hydrogen-bond donors (Lipinski definition) is 4. The Hall–Kier alpha value is -6.21. The molecule has 0 bridgehead atoms. The lowest BCUT2D eigenvalue weighted by Gasteiger charge is -2.10. The van der Waals surface area contributed by atoms with Crippen molar-refractivity contribution in [2.75, 3.05) is 16.6 Å². The van der Waals surface area contributed by atoms with Crippen LogP contribution >= 0.6 is 31.9 Å². The Morgan fingerprint density at radius 1 is 0.600 bits per heavy atom. The van der Waals surface area contributed by atoms with Gasteiger partial charge in [0.15, 0.2) is 11.3 Å². The number of nitrogens with one attached hydrogen (secondary N) is 4. The first-order valence-corrected chi connectivity index (χ1v) is 22.6. The summed E-state index contributed by atoms with van der Waals surface area (Å²) in [5.74, 6) is 1.92. The Morgan fingerprint density at radius 3 is 1.62 bits per heavy atom. The van der Waals surface area contributed by atoms with Crippen LogP contribution in [0.4, 0.5) is 11.4 Å². The highest BCUT2D eigenvalue weighted by Gasteiger charge is 2.19. The summed E-state index contributed by atoms with van der Waals surface area (Å²) < 4.78 is 63.1. The number of methoxy groups -OCH3 is 1. The van der Waals surface area contributed by atoms with Gasteiger partial charge in [-0.25, -0.2) is 36.8 Å². The second-order valence-corrected chi connectivity index (χ2v) is 18.4. The zero-order valence-electron chi connectivity index (χ0n) is 31.9. The van der Waals surface area contributed by atoms with E-state index in [9.17, 15) is 16.8 Å². The van der Waals surface area contributed by atoms with Crippen molar-refractivity contribution >= 4 is 96.5 Å². The van der Waals surface area contributed by atoms with Crippen LogP contribution in [0.15, 0.2) is 140 Å². The Balaban J connectivity index is 0.000000167. The standard InChI is InChI=1S/C22H16BrN5O2S.C20H17BrN4O3S/c1-13-17(23)12-25-22-19(13)26-21(27-22)15-7-9-16(10-8-15)28-31(29,30)18-6-2-4-14-5-3-11-24-20(14)18;1-12-17(21)11-22-20-18(12)23-19(24-20)13-3-5-14(6-4-13)25-29(26,27)16-9-7-15(28-2)8-10-16/h2-12,28H,1H3,(H,25,26,27);3-11,25H,1-2H3,(H,22,23,24). The van der Waals surface area contributed by atoms with E-state index < -0.39 is 20.0 Å². The van der Waals surface area contributed by atoms with E-state index in [0.29, 0.717) is 45.6 Å². The number of pyridine rings is 3. The molecule has 0 aliphatic carbocycles. The van der Waals surface area contributed by atoms with Crippen LogP contribution in [-0.4, -0.2) is 58.8 Å². The third-order valence-electron chi connectivity index (χ3n) is 9.51. The number of imidazole rings is 2. The zero-order valence-corrected chi connectivity index (χ0v) is 36.7. The molecule has 5 aromatic heterocycles. The summed E-state index contributed by atoms with van der Waals surface area (Å²) in [6, 6.07) is 28.9.